The Morgan fingerprint density at radius 2 is 1.66 bits per heavy atom. The van der Waals surface area contributed by atoms with Crippen molar-refractivity contribution in [2.75, 3.05) is 0 Å². The summed E-state index contributed by atoms with van der Waals surface area (Å²) >= 11 is 0. The van der Waals surface area contributed by atoms with Gasteiger partial charge in [-0.3, -0.25) is 9.59 Å². The van der Waals surface area contributed by atoms with Gasteiger partial charge < -0.3 is 19.2 Å². The van der Waals surface area contributed by atoms with Gasteiger partial charge in [0.15, 0.2) is 0 Å². The number of rotatable bonds is 7. The zero-order valence-electron chi connectivity index (χ0n) is 18.4. The lowest BCUT2D eigenvalue weighted by Crippen LogP contribution is -2.37. The van der Waals surface area contributed by atoms with Crippen molar-refractivity contribution in [3.8, 4) is 22.6 Å². The number of ether oxygens (including phenoxy) is 1. The molecule has 8 nitrogen and oxygen atoms in total. The standard InChI is InChI=1S/C27H20N2O6/c30-24(31)16-29-26(32)23-15-22(14-19(25(23)28-27(29)33)13-21-7-4-12-34-21)35-20-10-8-18(9-11-20)17-5-2-1-3-6-17/h1-12,14-15H,13,16H2,(H,28,33)(H,30,31). The van der Waals surface area contributed by atoms with Gasteiger partial charge in [0.25, 0.3) is 5.56 Å². The van der Waals surface area contributed by atoms with Crippen LogP contribution in [0.15, 0.2) is 99.1 Å². The molecule has 35 heavy (non-hydrogen) atoms. The van der Waals surface area contributed by atoms with Crippen molar-refractivity contribution in [2.45, 2.75) is 13.0 Å². The Bertz CT molecular complexity index is 1620. The molecule has 5 rings (SSSR count). The van der Waals surface area contributed by atoms with E-state index < -0.39 is 23.8 Å². The molecule has 2 heterocycles. The van der Waals surface area contributed by atoms with Gasteiger partial charge in [-0.05, 0) is 53.1 Å². The third-order valence-corrected chi connectivity index (χ3v) is 5.58. The van der Waals surface area contributed by atoms with Gasteiger partial charge in [-0.25, -0.2) is 9.36 Å². The Hall–Kier alpha value is -4.85. The van der Waals surface area contributed by atoms with E-state index in [2.05, 4.69) is 4.98 Å². The predicted molar refractivity (Wildman–Crippen MR) is 130 cm³/mol. The van der Waals surface area contributed by atoms with Crippen LogP contribution in [0.5, 0.6) is 11.5 Å². The molecule has 0 unspecified atom stereocenters. The fourth-order valence-electron chi connectivity index (χ4n) is 3.96. The summed E-state index contributed by atoms with van der Waals surface area (Å²) < 4.78 is 12.2. The topological polar surface area (TPSA) is 115 Å². The monoisotopic (exact) mass is 468 g/mol. The van der Waals surface area contributed by atoms with Crippen molar-refractivity contribution in [1.29, 1.82) is 0 Å². The summed E-state index contributed by atoms with van der Waals surface area (Å²) in [5, 5.41) is 9.26. The van der Waals surface area contributed by atoms with Crippen LogP contribution >= 0.6 is 0 Å². The Morgan fingerprint density at radius 1 is 0.914 bits per heavy atom. The number of aromatic amines is 1. The second-order valence-electron chi connectivity index (χ2n) is 7.97. The lowest BCUT2D eigenvalue weighted by Gasteiger charge is -2.12. The molecular weight excluding hydrogens is 448 g/mol. The lowest BCUT2D eigenvalue weighted by atomic mass is 10.1. The highest BCUT2D eigenvalue weighted by Crippen LogP contribution is 2.29. The van der Waals surface area contributed by atoms with E-state index in [0.29, 0.717) is 39.3 Å². The van der Waals surface area contributed by atoms with Gasteiger partial charge in [-0.15, -0.1) is 0 Å². The minimum atomic E-state index is -1.29. The molecular formula is C27H20N2O6. The first-order chi connectivity index (χ1) is 17.0. The number of furan rings is 1. The molecule has 0 fully saturated rings. The summed E-state index contributed by atoms with van der Waals surface area (Å²) in [4.78, 5) is 39.3. The second kappa shape index (κ2) is 9.18. The van der Waals surface area contributed by atoms with E-state index in [9.17, 15) is 14.4 Å². The molecule has 2 N–H and O–H groups in total. The third kappa shape index (κ3) is 4.63. The molecule has 0 atom stereocenters. The Kier molecular flexibility index (Phi) is 5.76. The van der Waals surface area contributed by atoms with Crippen molar-refractivity contribution >= 4 is 16.9 Å². The molecule has 3 aromatic carbocycles. The molecule has 0 spiro atoms. The van der Waals surface area contributed by atoms with E-state index in [0.717, 1.165) is 11.1 Å². The number of carboxylic acid groups (broad SMARTS) is 1. The number of fused-ring (bicyclic) bond motifs is 1. The Morgan fingerprint density at radius 3 is 2.34 bits per heavy atom. The average Bonchev–Trinajstić information content (AvgIpc) is 3.37. The Labute approximate surface area is 198 Å². The van der Waals surface area contributed by atoms with Crippen LogP contribution in [0.4, 0.5) is 0 Å². The van der Waals surface area contributed by atoms with Gasteiger partial charge in [0.05, 0.1) is 17.2 Å². The molecule has 0 saturated carbocycles. The number of hydrogen-bond acceptors (Lipinski definition) is 5. The maximum Gasteiger partial charge on any atom is 0.329 e. The van der Waals surface area contributed by atoms with Gasteiger partial charge in [0.2, 0.25) is 0 Å². The molecule has 0 amide bonds. The van der Waals surface area contributed by atoms with Crippen LogP contribution in [0.2, 0.25) is 0 Å². The van der Waals surface area contributed by atoms with Crippen LogP contribution < -0.4 is 16.0 Å². The van der Waals surface area contributed by atoms with Gasteiger partial charge in [0, 0.05) is 6.42 Å². The van der Waals surface area contributed by atoms with Crippen molar-refractivity contribution in [3.05, 3.63) is 117 Å². The summed E-state index contributed by atoms with van der Waals surface area (Å²) in [7, 11) is 0. The average molecular weight is 468 g/mol. The summed E-state index contributed by atoms with van der Waals surface area (Å²) in [6.07, 6.45) is 1.83. The molecule has 0 saturated heterocycles. The van der Waals surface area contributed by atoms with Crippen LogP contribution in [0.1, 0.15) is 11.3 Å². The third-order valence-electron chi connectivity index (χ3n) is 5.58. The van der Waals surface area contributed by atoms with Crippen molar-refractivity contribution in [3.63, 3.8) is 0 Å². The smallest absolute Gasteiger partial charge is 0.329 e. The highest BCUT2D eigenvalue weighted by atomic mass is 16.5. The largest absolute Gasteiger partial charge is 0.480 e. The first-order valence-corrected chi connectivity index (χ1v) is 10.9. The van der Waals surface area contributed by atoms with E-state index in [4.69, 9.17) is 14.3 Å². The quantitative estimate of drug-likeness (QED) is 0.366. The summed E-state index contributed by atoms with van der Waals surface area (Å²) in [6, 6.07) is 24.2. The number of nitrogens with one attached hydrogen (secondary N) is 1. The minimum Gasteiger partial charge on any atom is -0.480 e. The second-order valence-corrected chi connectivity index (χ2v) is 7.97. The zero-order valence-corrected chi connectivity index (χ0v) is 18.4. The molecule has 0 bridgehead atoms. The van der Waals surface area contributed by atoms with E-state index in [-0.39, 0.29) is 5.39 Å². The molecule has 0 radical (unpaired) electrons. The van der Waals surface area contributed by atoms with E-state index in [1.165, 1.54) is 12.3 Å². The van der Waals surface area contributed by atoms with Crippen molar-refractivity contribution in [2.24, 2.45) is 0 Å². The Balaban J connectivity index is 1.57. The van der Waals surface area contributed by atoms with Crippen molar-refractivity contribution < 1.29 is 19.1 Å². The first-order valence-electron chi connectivity index (χ1n) is 10.9. The van der Waals surface area contributed by atoms with Crippen molar-refractivity contribution in [1.82, 2.24) is 9.55 Å². The van der Waals surface area contributed by atoms with Crippen LogP contribution in [0, 0.1) is 0 Å². The first kappa shape index (κ1) is 22.0. The lowest BCUT2D eigenvalue weighted by molar-refractivity contribution is -0.137. The van der Waals surface area contributed by atoms with Crippen LogP contribution in [0.25, 0.3) is 22.0 Å². The van der Waals surface area contributed by atoms with Gasteiger partial charge in [-0.2, -0.15) is 0 Å². The number of carboxylic acids is 1. The van der Waals surface area contributed by atoms with Gasteiger partial charge >= 0.3 is 11.7 Å². The summed E-state index contributed by atoms with van der Waals surface area (Å²) in [5.41, 5.74) is 1.51. The molecule has 174 valence electrons. The summed E-state index contributed by atoms with van der Waals surface area (Å²) in [6.45, 7) is -0.746. The zero-order chi connectivity index (χ0) is 24.4. The van der Waals surface area contributed by atoms with Gasteiger partial charge in [0.1, 0.15) is 23.8 Å². The molecule has 8 heteroatoms. The number of carbonyl (C=O) groups is 1. The number of aromatic nitrogens is 2. The predicted octanol–water partition coefficient (Wildman–Crippen LogP) is 4.42. The van der Waals surface area contributed by atoms with Crippen LogP contribution in [-0.2, 0) is 17.8 Å². The number of benzene rings is 3. The minimum absolute atomic E-state index is 0.144. The van der Waals surface area contributed by atoms with Gasteiger partial charge in [-0.1, -0.05) is 42.5 Å². The van der Waals surface area contributed by atoms with E-state index in [1.807, 2.05) is 54.6 Å². The normalized spacial score (nSPS) is 11.0. The molecule has 2 aromatic heterocycles. The molecule has 0 aliphatic rings. The molecule has 0 aliphatic heterocycles. The maximum absolute atomic E-state index is 13.0. The fourth-order valence-corrected chi connectivity index (χ4v) is 3.96. The highest BCUT2D eigenvalue weighted by Gasteiger charge is 2.16. The van der Waals surface area contributed by atoms with E-state index in [1.54, 1.807) is 18.2 Å². The fraction of sp³-hybridized carbons (Fsp3) is 0.0741. The number of aliphatic carboxylic acids is 1. The SMILES string of the molecule is O=C(O)Cn1c(=O)[nH]c2c(Cc3ccco3)cc(Oc3ccc(-c4ccccc4)cc3)cc2c1=O. The van der Waals surface area contributed by atoms with Crippen LogP contribution in [-0.4, -0.2) is 20.6 Å². The van der Waals surface area contributed by atoms with Crippen LogP contribution in [0.3, 0.4) is 0 Å². The summed E-state index contributed by atoms with van der Waals surface area (Å²) in [5.74, 6) is 0.269. The van der Waals surface area contributed by atoms with E-state index >= 15 is 0 Å². The molecule has 5 aromatic rings. The molecule has 0 aliphatic carbocycles. The number of hydrogen-bond donors (Lipinski definition) is 2. The highest BCUT2D eigenvalue weighted by molar-refractivity contribution is 5.83. The maximum atomic E-state index is 13.0. The number of nitrogens with zero attached hydrogens (tertiary/aromatic N) is 1. The number of H-pyrrole nitrogens is 1.